The SMILES string of the molecule is CCC1CCCN(C(=O)[C@@H]2CCC[C@@H]2C(=O)O)C1. The van der Waals surface area contributed by atoms with Crippen LogP contribution in [-0.2, 0) is 9.59 Å². The molecule has 0 bridgehead atoms. The van der Waals surface area contributed by atoms with E-state index in [1.54, 1.807) is 0 Å². The predicted molar refractivity (Wildman–Crippen MR) is 68.1 cm³/mol. The zero-order valence-corrected chi connectivity index (χ0v) is 11.1. The predicted octanol–water partition coefficient (Wildman–Crippen LogP) is 2.14. The van der Waals surface area contributed by atoms with Crippen molar-refractivity contribution in [2.45, 2.75) is 45.4 Å². The molecule has 0 spiro atoms. The molecule has 4 heteroatoms. The molecule has 1 amide bonds. The number of carboxylic acid groups (broad SMARTS) is 1. The third kappa shape index (κ3) is 2.68. The van der Waals surface area contributed by atoms with Crippen molar-refractivity contribution in [1.82, 2.24) is 4.90 Å². The minimum Gasteiger partial charge on any atom is -0.481 e. The van der Waals surface area contributed by atoms with Gasteiger partial charge in [-0.3, -0.25) is 9.59 Å². The molecule has 1 saturated heterocycles. The Morgan fingerprint density at radius 3 is 2.56 bits per heavy atom. The summed E-state index contributed by atoms with van der Waals surface area (Å²) in [5.74, 6) is -0.807. The maximum atomic E-state index is 12.4. The fraction of sp³-hybridized carbons (Fsp3) is 0.857. The summed E-state index contributed by atoms with van der Waals surface area (Å²) in [7, 11) is 0. The monoisotopic (exact) mass is 253 g/mol. The number of amides is 1. The summed E-state index contributed by atoms with van der Waals surface area (Å²) in [6.45, 7) is 3.81. The second-order valence-corrected chi connectivity index (χ2v) is 5.68. The first-order chi connectivity index (χ1) is 8.63. The van der Waals surface area contributed by atoms with Crippen molar-refractivity contribution in [2.24, 2.45) is 17.8 Å². The molecule has 1 N–H and O–H groups in total. The Bertz CT molecular complexity index is 329. The Kier molecular flexibility index (Phi) is 4.25. The van der Waals surface area contributed by atoms with Gasteiger partial charge in [0.25, 0.3) is 0 Å². The van der Waals surface area contributed by atoms with E-state index in [0.717, 1.165) is 38.8 Å². The van der Waals surface area contributed by atoms with Gasteiger partial charge >= 0.3 is 5.97 Å². The van der Waals surface area contributed by atoms with E-state index in [2.05, 4.69) is 6.92 Å². The number of nitrogens with zero attached hydrogens (tertiary/aromatic N) is 1. The molecule has 0 aromatic heterocycles. The van der Waals surface area contributed by atoms with E-state index in [1.807, 2.05) is 4.90 Å². The first-order valence-corrected chi connectivity index (χ1v) is 7.15. The highest BCUT2D eigenvalue weighted by Crippen LogP contribution is 2.34. The molecule has 1 heterocycles. The summed E-state index contributed by atoms with van der Waals surface area (Å²) >= 11 is 0. The number of hydrogen-bond donors (Lipinski definition) is 1. The van der Waals surface area contributed by atoms with E-state index in [-0.39, 0.29) is 11.8 Å². The number of carbonyl (C=O) groups excluding carboxylic acids is 1. The van der Waals surface area contributed by atoms with Crippen molar-refractivity contribution in [2.75, 3.05) is 13.1 Å². The van der Waals surface area contributed by atoms with E-state index in [9.17, 15) is 9.59 Å². The molecule has 0 aromatic carbocycles. The lowest BCUT2D eigenvalue weighted by Crippen LogP contribution is -2.44. The zero-order valence-electron chi connectivity index (χ0n) is 11.1. The number of rotatable bonds is 3. The Balaban J connectivity index is 1.99. The largest absolute Gasteiger partial charge is 0.481 e. The summed E-state index contributed by atoms with van der Waals surface area (Å²) in [5, 5.41) is 9.16. The van der Waals surface area contributed by atoms with Crippen LogP contribution in [0.1, 0.15) is 45.4 Å². The lowest BCUT2D eigenvalue weighted by molar-refractivity contribution is -0.149. The van der Waals surface area contributed by atoms with E-state index in [4.69, 9.17) is 5.11 Å². The summed E-state index contributed by atoms with van der Waals surface area (Å²) in [4.78, 5) is 25.5. The third-order valence-electron chi connectivity index (χ3n) is 4.56. The van der Waals surface area contributed by atoms with Crippen LogP contribution in [0.2, 0.25) is 0 Å². The van der Waals surface area contributed by atoms with Crippen LogP contribution in [0.4, 0.5) is 0 Å². The summed E-state index contributed by atoms with van der Waals surface area (Å²) < 4.78 is 0. The zero-order chi connectivity index (χ0) is 13.1. The maximum Gasteiger partial charge on any atom is 0.307 e. The average Bonchev–Trinajstić information content (AvgIpc) is 2.87. The van der Waals surface area contributed by atoms with Gasteiger partial charge in [-0.25, -0.2) is 0 Å². The van der Waals surface area contributed by atoms with Crippen molar-refractivity contribution in [1.29, 1.82) is 0 Å². The molecule has 1 aliphatic heterocycles. The normalized spacial score (nSPS) is 32.5. The summed E-state index contributed by atoms with van der Waals surface area (Å²) in [5.41, 5.74) is 0. The van der Waals surface area contributed by atoms with Gasteiger partial charge < -0.3 is 10.0 Å². The van der Waals surface area contributed by atoms with Crippen LogP contribution in [-0.4, -0.2) is 35.0 Å². The van der Waals surface area contributed by atoms with Gasteiger partial charge in [0, 0.05) is 13.1 Å². The van der Waals surface area contributed by atoms with Crippen LogP contribution in [0.5, 0.6) is 0 Å². The summed E-state index contributed by atoms with van der Waals surface area (Å²) in [6.07, 6.45) is 5.66. The van der Waals surface area contributed by atoms with E-state index in [1.165, 1.54) is 6.42 Å². The second kappa shape index (κ2) is 5.72. The highest BCUT2D eigenvalue weighted by Gasteiger charge is 2.40. The van der Waals surface area contributed by atoms with Gasteiger partial charge in [-0.15, -0.1) is 0 Å². The lowest BCUT2D eigenvalue weighted by Gasteiger charge is -2.34. The maximum absolute atomic E-state index is 12.4. The van der Waals surface area contributed by atoms with Crippen LogP contribution in [0.3, 0.4) is 0 Å². The Labute approximate surface area is 108 Å². The molecule has 0 aromatic rings. The Morgan fingerprint density at radius 2 is 1.89 bits per heavy atom. The molecule has 18 heavy (non-hydrogen) atoms. The minimum absolute atomic E-state index is 0.0954. The molecule has 1 unspecified atom stereocenters. The van der Waals surface area contributed by atoms with Crippen LogP contribution in [0.15, 0.2) is 0 Å². The highest BCUT2D eigenvalue weighted by molar-refractivity contribution is 5.85. The van der Waals surface area contributed by atoms with E-state index in [0.29, 0.717) is 12.3 Å². The van der Waals surface area contributed by atoms with Gasteiger partial charge in [0.1, 0.15) is 0 Å². The molecule has 3 atom stereocenters. The molecule has 2 aliphatic rings. The number of likely N-dealkylation sites (tertiary alicyclic amines) is 1. The van der Waals surface area contributed by atoms with Crippen LogP contribution in [0, 0.1) is 17.8 Å². The standard InChI is InChI=1S/C14H23NO3/c1-2-10-5-4-8-15(9-10)13(16)11-6-3-7-12(11)14(17)18/h10-12H,2-9H2,1H3,(H,17,18)/t10?,11-,12+/m1/s1. The van der Waals surface area contributed by atoms with E-state index >= 15 is 0 Å². The van der Waals surface area contributed by atoms with E-state index < -0.39 is 11.9 Å². The van der Waals surface area contributed by atoms with Gasteiger partial charge in [-0.05, 0) is 31.6 Å². The average molecular weight is 253 g/mol. The highest BCUT2D eigenvalue weighted by atomic mass is 16.4. The molecule has 102 valence electrons. The van der Waals surface area contributed by atoms with Gasteiger partial charge in [0.05, 0.1) is 11.8 Å². The number of carbonyl (C=O) groups is 2. The Morgan fingerprint density at radius 1 is 1.17 bits per heavy atom. The fourth-order valence-electron chi connectivity index (χ4n) is 3.38. The van der Waals surface area contributed by atoms with Crippen LogP contribution >= 0.6 is 0 Å². The number of carboxylic acids is 1. The topological polar surface area (TPSA) is 57.6 Å². The van der Waals surface area contributed by atoms with Gasteiger partial charge in [0.15, 0.2) is 0 Å². The molecule has 4 nitrogen and oxygen atoms in total. The first-order valence-electron chi connectivity index (χ1n) is 7.15. The number of hydrogen-bond acceptors (Lipinski definition) is 2. The molecule has 2 rings (SSSR count). The van der Waals surface area contributed by atoms with Crippen molar-refractivity contribution in [3.8, 4) is 0 Å². The molecule has 2 fully saturated rings. The summed E-state index contributed by atoms with van der Waals surface area (Å²) in [6, 6.07) is 0. The molecule has 1 saturated carbocycles. The third-order valence-corrected chi connectivity index (χ3v) is 4.56. The number of aliphatic carboxylic acids is 1. The first kappa shape index (κ1) is 13.4. The quantitative estimate of drug-likeness (QED) is 0.838. The minimum atomic E-state index is -0.796. The van der Waals surface area contributed by atoms with Crippen LogP contribution in [0.25, 0.3) is 0 Å². The van der Waals surface area contributed by atoms with Crippen molar-refractivity contribution in [3.05, 3.63) is 0 Å². The van der Waals surface area contributed by atoms with Gasteiger partial charge in [-0.2, -0.15) is 0 Å². The Hall–Kier alpha value is -1.06. The molecular weight excluding hydrogens is 230 g/mol. The molecule has 0 radical (unpaired) electrons. The fourth-order valence-corrected chi connectivity index (χ4v) is 3.38. The van der Waals surface area contributed by atoms with Crippen molar-refractivity contribution >= 4 is 11.9 Å². The van der Waals surface area contributed by atoms with Crippen molar-refractivity contribution in [3.63, 3.8) is 0 Å². The van der Waals surface area contributed by atoms with Gasteiger partial charge in [-0.1, -0.05) is 19.8 Å². The lowest BCUT2D eigenvalue weighted by atomic mass is 9.91. The van der Waals surface area contributed by atoms with Gasteiger partial charge in [0.2, 0.25) is 5.91 Å². The second-order valence-electron chi connectivity index (χ2n) is 5.68. The molecule has 1 aliphatic carbocycles. The molecular formula is C14H23NO3. The van der Waals surface area contributed by atoms with Crippen molar-refractivity contribution < 1.29 is 14.7 Å². The van der Waals surface area contributed by atoms with Crippen LogP contribution < -0.4 is 0 Å². The smallest absolute Gasteiger partial charge is 0.307 e. The number of piperidine rings is 1.